The topological polar surface area (TPSA) is 120 Å². The molecule has 1 saturated carbocycles. The van der Waals surface area contributed by atoms with Crippen LogP contribution in [-0.4, -0.2) is 25.9 Å². The highest BCUT2D eigenvalue weighted by atomic mass is 16.1. The van der Waals surface area contributed by atoms with E-state index in [2.05, 4.69) is 27.5 Å². The fraction of sp³-hybridized carbons (Fsp3) is 0.231. The Morgan fingerprint density at radius 3 is 2.85 bits per heavy atom. The quantitative estimate of drug-likeness (QED) is 0.503. The van der Waals surface area contributed by atoms with Crippen LogP contribution >= 0.6 is 0 Å². The number of anilines is 1. The molecule has 2 aromatic heterocycles. The van der Waals surface area contributed by atoms with E-state index in [1.807, 2.05) is 42.5 Å². The van der Waals surface area contributed by atoms with Crippen LogP contribution in [-0.2, 0) is 16.8 Å². The standard InChI is InChI=1S/C26H19N7O/c27-7-6-26(12-16(13-26)14-28)33-30-15-23(32-33)21-9-18(10-22-20(21)5-2-8-29-22)19-4-1-3-17-11-24(34)31-25(17)19/h1-5,8-10,15-16H,6,11-13H2,(H,31,34)/t16-,26-. The van der Waals surface area contributed by atoms with Crippen LogP contribution in [0, 0.1) is 28.6 Å². The maximum Gasteiger partial charge on any atom is 0.228 e. The second-order valence-corrected chi connectivity index (χ2v) is 8.97. The first-order valence-corrected chi connectivity index (χ1v) is 11.1. The van der Waals surface area contributed by atoms with Gasteiger partial charge in [-0.2, -0.15) is 25.5 Å². The Morgan fingerprint density at radius 1 is 1.15 bits per heavy atom. The van der Waals surface area contributed by atoms with Gasteiger partial charge in [-0.15, -0.1) is 0 Å². The second-order valence-electron chi connectivity index (χ2n) is 8.97. The Hall–Kier alpha value is -4.56. The lowest BCUT2D eigenvalue weighted by Crippen LogP contribution is -2.47. The number of nitrogens with zero attached hydrogens (tertiary/aromatic N) is 6. The lowest BCUT2D eigenvalue weighted by molar-refractivity contribution is -0.115. The number of rotatable bonds is 4. The second kappa shape index (κ2) is 7.50. The van der Waals surface area contributed by atoms with Crippen LogP contribution in [0.2, 0.25) is 0 Å². The molecule has 3 heterocycles. The zero-order valence-electron chi connectivity index (χ0n) is 18.2. The van der Waals surface area contributed by atoms with Crippen molar-refractivity contribution in [2.45, 2.75) is 31.2 Å². The molecule has 8 heteroatoms. The highest BCUT2D eigenvalue weighted by Gasteiger charge is 2.48. The van der Waals surface area contributed by atoms with Gasteiger partial charge in [0.1, 0.15) is 5.69 Å². The summed E-state index contributed by atoms with van der Waals surface area (Å²) in [6, 6.07) is 18.4. The number of nitriles is 2. The molecule has 2 aliphatic rings. The van der Waals surface area contributed by atoms with Crippen LogP contribution < -0.4 is 5.32 Å². The van der Waals surface area contributed by atoms with Gasteiger partial charge in [-0.25, -0.2) is 0 Å². The Labute approximate surface area is 195 Å². The SMILES string of the molecule is N#CC[C@]1(n2ncc(-c3cc(-c4cccc5c4NC(=O)C5)cc4ncccc34)n2)C[C@H](C#N)C1. The average molecular weight is 445 g/mol. The van der Waals surface area contributed by atoms with Crippen LogP contribution in [0.15, 0.2) is 54.9 Å². The summed E-state index contributed by atoms with van der Waals surface area (Å²) in [6.45, 7) is 0. The fourth-order valence-electron chi connectivity index (χ4n) is 5.13. The molecule has 0 bridgehead atoms. The smallest absolute Gasteiger partial charge is 0.228 e. The highest BCUT2D eigenvalue weighted by Crippen LogP contribution is 2.46. The zero-order chi connectivity index (χ0) is 23.3. The fourth-order valence-corrected chi connectivity index (χ4v) is 5.13. The van der Waals surface area contributed by atoms with Gasteiger partial charge in [-0.1, -0.05) is 24.3 Å². The number of hydrogen-bond donors (Lipinski definition) is 1. The molecule has 4 aromatic rings. The van der Waals surface area contributed by atoms with E-state index < -0.39 is 5.54 Å². The first-order chi connectivity index (χ1) is 16.6. The molecule has 0 unspecified atom stereocenters. The van der Waals surface area contributed by atoms with E-state index in [0.717, 1.165) is 38.8 Å². The third-order valence-corrected chi connectivity index (χ3v) is 6.83. The molecule has 1 amide bonds. The molecule has 1 fully saturated rings. The van der Waals surface area contributed by atoms with E-state index in [-0.39, 0.29) is 18.2 Å². The molecule has 2 aromatic carbocycles. The number of carbonyl (C=O) groups is 1. The lowest BCUT2D eigenvalue weighted by atomic mass is 9.68. The van der Waals surface area contributed by atoms with Gasteiger partial charge in [-0.05, 0) is 42.2 Å². The molecule has 1 N–H and O–H groups in total. The van der Waals surface area contributed by atoms with Gasteiger partial charge in [0.05, 0.1) is 53.8 Å². The highest BCUT2D eigenvalue weighted by molar-refractivity contribution is 6.05. The summed E-state index contributed by atoms with van der Waals surface area (Å²) in [5.74, 6) is -0.0879. The van der Waals surface area contributed by atoms with Crippen LogP contribution in [0.1, 0.15) is 24.8 Å². The maximum absolute atomic E-state index is 12.0. The minimum absolute atomic E-state index is 0.0107. The molecular weight excluding hydrogens is 426 g/mol. The predicted molar refractivity (Wildman–Crippen MR) is 125 cm³/mol. The van der Waals surface area contributed by atoms with Crippen LogP contribution in [0.25, 0.3) is 33.3 Å². The minimum atomic E-state index is -0.538. The Morgan fingerprint density at radius 2 is 2.03 bits per heavy atom. The number of pyridine rings is 1. The van der Waals surface area contributed by atoms with Gasteiger partial charge in [-0.3, -0.25) is 9.78 Å². The summed E-state index contributed by atoms with van der Waals surface area (Å²) >= 11 is 0. The van der Waals surface area contributed by atoms with E-state index in [4.69, 9.17) is 5.10 Å². The summed E-state index contributed by atoms with van der Waals surface area (Å²) in [5, 5.41) is 31.8. The zero-order valence-corrected chi connectivity index (χ0v) is 18.2. The maximum atomic E-state index is 12.0. The molecule has 0 saturated heterocycles. The van der Waals surface area contributed by atoms with Crippen molar-refractivity contribution in [2.24, 2.45) is 5.92 Å². The number of amides is 1. The lowest BCUT2D eigenvalue weighted by Gasteiger charge is -2.42. The molecule has 34 heavy (non-hydrogen) atoms. The van der Waals surface area contributed by atoms with Gasteiger partial charge in [0.25, 0.3) is 0 Å². The van der Waals surface area contributed by atoms with Crippen molar-refractivity contribution in [3.63, 3.8) is 0 Å². The van der Waals surface area contributed by atoms with Crippen LogP contribution in [0.4, 0.5) is 5.69 Å². The number of aromatic nitrogens is 4. The van der Waals surface area contributed by atoms with E-state index in [0.29, 0.717) is 25.0 Å². The van der Waals surface area contributed by atoms with Crippen molar-refractivity contribution in [1.29, 1.82) is 10.5 Å². The number of carbonyl (C=O) groups excluding carboxylic acids is 1. The van der Waals surface area contributed by atoms with Gasteiger partial charge in [0, 0.05) is 22.7 Å². The van der Waals surface area contributed by atoms with Crippen LogP contribution in [0.5, 0.6) is 0 Å². The molecule has 164 valence electrons. The minimum Gasteiger partial charge on any atom is -0.325 e. The Bertz CT molecular complexity index is 1550. The van der Waals surface area contributed by atoms with Gasteiger partial charge < -0.3 is 5.32 Å². The summed E-state index contributed by atoms with van der Waals surface area (Å²) in [6.07, 6.45) is 5.24. The van der Waals surface area contributed by atoms with E-state index in [9.17, 15) is 15.3 Å². The molecule has 1 aliphatic carbocycles. The van der Waals surface area contributed by atoms with Crippen molar-refractivity contribution in [3.8, 4) is 34.5 Å². The van der Waals surface area contributed by atoms with Gasteiger partial charge in [0.15, 0.2) is 0 Å². The number of benzene rings is 2. The summed E-state index contributed by atoms with van der Waals surface area (Å²) in [5.41, 5.74) is 5.49. The first-order valence-electron chi connectivity index (χ1n) is 11.1. The Kier molecular flexibility index (Phi) is 4.43. The normalized spacial score (nSPS) is 20.8. The number of hydrogen-bond acceptors (Lipinski definition) is 6. The molecule has 0 radical (unpaired) electrons. The number of fused-ring (bicyclic) bond motifs is 2. The molecule has 0 atom stereocenters. The number of para-hydroxylation sites is 1. The summed E-state index contributed by atoms with van der Waals surface area (Å²) < 4.78 is 0. The molecule has 1 aliphatic heterocycles. The van der Waals surface area contributed by atoms with E-state index in [1.54, 1.807) is 17.2 Å². The third kappa shape index (κ3) is 3.04. The molecule has 0 spiro atoms. The molecular formula is C26H19N7O. The molecule has 8 nitrogen and oxygen atoms in total. The molecule has 6 rings (SSSR count). The largest absolute Gasteiger partial charge is 0.325 e. The van der Waals surface area contributed by atoms with Crippen molar-refractivity contribution in [2.75, 3.05) is 5.32 Å². The average Bonchev–Trinajstić information content (AvgIpc) is 3.46. The summed E-state index contributed by atoms with van der Waals surface area (Å²) in [4.78, 5) is 18.2. The Balaban J connectivity index is 1.48. The van der Waals surface area contributed by atoms with Gasteiger partial charge in [0.2, 0.25) is 5.91 Å². The van der Waals surface area contributed by atoms with Crippen molar-refractivity contribution < 1.29 is 4.79 Å². The monoisotopic (exact) mass is 445 g/mol. The van der Waals surface area contributed by atoms with E-state index >= 15 is 0 Å². The van der Waals surface area contributed by atoms with E-state index in [1.165, 1.54) is 0 Å². The van der Waals surface area contributed by atoms with Crippen molar-refractivity contribution >= 4 is 22.5 Å². The van der Waals surface area contributed by atoms with Gasteiger partial charge >= 0.3 is 0 Å². The van der Waals surface area contributed by atoms with Crippen LogP contribution in [0.3, 0.4) is 0 Å². The third-order valence-electron chi connectivity index (χ3n) is 6.83. The van der Waals surface area contributed by atoms with Crippen molar-refractivity contribution in [3.05, 3.63) is 60.4 Å². The number of nitrogens with one attached hydrogen (secondary N) is 1. The van der Waals surface area contributed by atoms with Crippen molar-refractivity contribution in [1.82, 2.24) is 20.0 Å². The predicted octanol–water partition coefficient (Wildman–Crippen LogP) is 4.20. The summed E-state index contributed by atoms with van der Waals surface area (Å²) in [7, 11) is 0. The first kappa shape index (κ1) is 20.1.